The molecular formula is C13H24N2O5S. The summed E-state index contributed by atoms with van der Waals surface area (Å²) >= 11 is 0. The van der Waals surface area contributed by atoms with Crippen LogP contribution in [0.1, 0.15) is 33.1 Å². The SMILES string of the molecule is CCN(CC(C)C(=O)O)C(=O)C1CCCCN1S(C)(=O)=O. The van der Waals surface area contributed by atoms with Gasteiger partial charge in [0.05, 0.1) is 12.2 Å². The van der Waals surface area contributed by atoms with Crippen molar-refractivity contribution in [2.45, 2.75) is 39.2 Å². The van der Waals surface area contributed by atoms with Crippen molar-refractivity contribution in [3.05, 3.63) is 0 Å². The van der Waals surface area contributed by atoms with Crippen molar-refractivity contribution in [2.75, 3.05) is 25.9 Å². The minimum atomic E-state index is -3.44. The number of hydrogen-bond donors (Lipinski definition) is 1. The van der Waals surface area contributed by atoms with Crippen molar-refractivity contribution in [3.63, 3.8) is 0 Å². The predicted molar refractivity (Wildman–Crippen MR) is 78.2 cm³/mol. The van der Waals surface area contributed by atoms with E-state index < -0.39 is 28.0 Å². The third-order valence-electron chi connectivity index (χ3n) is 3.77. The second kappa shape index (κ2) is 7.22. The lowest BCUT2D eigenvalue weighted by Gasteiger charge is -2.36. The molecule has 1 amide bonds. The number of carbonyl (C=O) groups excluding carboxylic acids is 1. The number of rotatable bonds is 6. The molecule has 122 valence electrons. The number of amides is 1. The standard InChI is InChI=1S/C13H24N2O5S/c1-4-14(9-10(2)13(17)18)12(16)11-7-5-6-8-15(11)21(3,19)20/h10-11H,4-9H2,1-3H3,(H,17,18). The van der Waals surface area contributed by atoms with Gasteiger partial charge in [0.15, 0.2) is 0 Å². The molecule has 2 atom stereocenters. The number of carbonyl (C=O) groups is 2. The van der Waals surface area contributed by atoms with Gasteiger partial charge in [0.1, 0.15) is 6.04 Å². The van der Waals surface area contributed by atoms with Gasteiger partial charge >= 0.3 is 5.97 Å². The maximum Gasteiger partial charge on any atom is 0.308 e. The molecule has 0 aromatic rings. The van der Waals surface area contributed by atoms with Gasteiger partial charge in [-0.2, -0.15) is 4.31 Å². The van der Waals surface area contributed by atoms with Crippen molar-refractivity contribution in [3.8, 4) is 0 Å². The fraction of sp³-hybridized carbons (Fsp3) is 0.846. The third kappa shape index (κ3) is 4.67. The fourth-order valence-electron chi connectivity index (χ4n) is 2.54. The molecule has 1 aliphatic rings. The van der Waals surface area contributed by atoms with Crippen LogP contribution in [0.5, 0.6) is 0 Å². The van der Waals surface area contributed by atoms with Crippen LogP contribution < -0.4 is 0 Å². The minimum absolute atomic E-state index is 0.0960. The van der Waals surface area contributed by atoms with Crippen molar-refractivity contribution in [1.29, 1.82) is 0 Å². The van der Waals surface area contributed by atoms with Gasteiger partial charge in [-0.1, -0.05) is 13.3 Å². The molecule has 2 unspecified atom stereocenters. The van der Waals surface area contributed by atoms with Gasteiger partial charge in [0.25, 0.3) is 0 Å². The summed E-state index contributed by atoms with van der Waals surface area (Å²) in [4.78, 5) is 24.9. The zero-order valence-electron chi connectivity index (χ0n) is 12.8. The van der Waals surface area contributed by atoms with Crippen LogP contribution in [0.3, 0.4) is 0 Å². The monoisotopic (exact) mass is 320 g/mol. The van der Waals surface area contributed by atoms with Crippen LogP contribution >= 0.6 is 0 Å². The van der Waals surface area contributed by atoms with Crippen molar-refractivity contribution < 1.29 is 23.1 Å². The number of hydrogen-bond acceptors (Lipinski definition) is 4. The molecule has 1 heterocycles. The molecular weight excluding hydrogens is 296 g/mol. The van der Waals surface area contributed by atoms with Crippen molar-refractivity contribution in [1.82, 2.24) is 9.21 Å². The number of piperidine rings is 1. The molecule has 1 N–H and O–H groups in total. The molecule has 1 aliphatic heterocycles. The van der Waals surface area contributed by atoms with Crippen LogP contribution in [0.15, 0.2) is 0 Å². The molecule has 1 fully saturated rings. The number of nitrogens with zero attached hydrogens (tertiary/aromatic N) is 2. The van der Waals surface area contributed by atoms with E-state index >= 15 is 0 Å². The largest absolute Gasteiger partial charge is 0.481 e. The van der Waals surface area contributed by atoms with E-state index in [1.165, 1.54) is 16.1 Å². The lowest BCUT2D eigenvalue weighted by Crippen LogP contribution is -2.53. The predicted octanol–water partition coefficient (Wildman–Crippen LogP) is 0.370. The summed E-state index contributed by atoms with van der Waals surface area (Å²) in [5.74, 6) is -1.94. The van der Waals surface area contributed by atoms with Crippen LogP contribution in [0.4, 0.5) is 0 Å². The Bertz CT molecular complexity index is 491. The Morgan fingerprint density at radius 1 is 1.38 bits per heavy atom. The summed E-state index contributed by atoms with van der Waals surface area (Å²) in [6, 6.07) is -0.699. The first kappa shape index (κ1) is 17.9. The summed E-state index contributed by atoms with van der Waals surface area (Å²) in [6.07, 6.45) is 3.14. The van der Waals surface area contributed by atoms with E-state index in [9.17, 15) is 18.0 Å². The lowest BCUT2D eigenvalue weighted by molar-refractivity contribution is -0.144. The Hall–Kier alpha value is -1.15. The first-order valence-electron chi connectivity index (χ1n) is 7.16. The molecule has 8 heteroatoms. The molecule has 0 aromatic heterocycles. The average Bonchev–Trinajstić information content (AvgIpc) is 2.42. The quantitative estimate of drug-likeness (QED) is 0.763. The van der Waals surface area contributed by atoms with E-state index in [0.717, 1.165) is 19.1 Å². The molecule has 21 heavy (non-hydrogen) atoms. The van der Waals surface area contributed by atoms with Crippen LogP contribution in [0.2, 0.25) is 0 Å². The van der Waals surface area contributed by atoms with Crippen LogP contribution in [-0.2, 0) is 19.6 Å². The van der Waals surface area contributed by atoms with Crippen LogP contribution in [-0.4, -0.2) is 66.5 Å². The Kier molecular flexibility index (Phi) is 6.15. The maximum absolute atomic E-state index is 12.6. The fourth-order valence-corrected chi connectivity index (χ4v) is 3.66. The Labute approximate surface area is 126 Å². The minimum Gasteiger partial charge on any atom is -0.481 e. The first-order valence-corrected chi connectivity index (χ1v) is 9.01. The zero-order valence-corrected chi connectivity index (χ0v) is 13.6. The summed E-state index contributed by atoms with van der Waals surface area (Å²) < 4.78 is 24.9. The highest BCUT2D eigenvalue weighted by Gasteiger charge is 2.36. The highest BCUT2D eigenvalue weighted by molar-refractivity contribution is 7.88. The molecule has 0 spiro atoms. The Balaban J connectivity index is 2.89. The van der Waals surface area contributed by atoms with E-state index in [1.54, 1.807) is 6.92 Å². The highest BCUT2D eigenvalue weighted by atomic mass is 32.2. The lowest BCUT2D eigenvalue weighted by atomic mass is 10.0. The van der Waals surface area contributed by atoms with Gasteiger partial charge < -0.3 is 10.0 Å². The Morgan fingerprint density at radius 3 is 2.48 bits per heavy atom. The number of aliphatic carboxylic acids is 1. The van der Waals surface area contributed by atoms with E-state index in [0.29, 0.717) is 19.5 Å². The topological polar surface area (TPSA) is 95.0 Å². The summed E-state index contributed by atoms with van der Waals surface area (Å²) in [7, 11) is -3.44. The number of carboxylic acid groups (broad SMARTS) is 1. The number of sulfonamides is 1. The van der Waals surface area contributed by atoms with E-state index in [2.05, 4.69) is 0 Å². The zero-order chi connectivity index (χ0) is 16.2. The average molecular weight is 320 g/mol. The smallest absolute Gasteiger partial charge is 0.308 e. The summed E-state index contributed by atoms with van der Waals surface area (Å²) in [5.41, 5.74) is 0. The second-order valence-electron chi connectivity index (χ2n) is 5.50. The molecule has 0 radical (unpaired) electrons. The summed E-state index contributed by atoms with van der Waals surface area (Å²) in [5, 5.41) is 8.96. The van der Waals surface area contributed by atoms with Gasteiger partial charge in [-0.05, 0) is 19.8 Å². The molecule has 0 aromatic carbocycles. The number of carboxylic acids is 1. The van der Waals surface area contributed by atoms with Crippen molar-refractivity contribution in [2.24, 2.45) is 5.92 Å². The van der Waals surface area contributed by atoms with Crippen LogP contribution in [0, 0.1) is 5.92 Å². The van der Waals surface area contributed by atoms with Gasteiger partial charge in [-0.15, -0.1) is 0 Å². The molecule has 1 rings (SSSR count). The molecule has 0 bridgehead atoms. The van der Waals surface area contributed by atoms with E-state index in [-0.39, 0.29) is 12.5 Å². The molecule has 1 saturated heterocycles. The molecule has 0 saturated carbocycles. The van der Waals surface area contributed by atoms with E-state index in [1.807, 2.05) is 0 Å². The second-order valence-corrected chi connectivity index (χ2v) is 7.44. The Morgan fingerprint density at radius 2 is 2.00 bits per heavy atom. The highest BCUT2D eigenvalue weighted by Crippen LogP contribution is 2.22. The first-order chi connectivity index (χ1) is 9.68. The third-order valence-corrected chi connectivity index (χ3v) is 5.06. The van der Waals surface area contributed by atoms with Crippen LogP contribution in [0.25, 0.3) is 0 Å². The van der Waals surface area contributed by atoms with Crippen molar-refractivity contribution >= 4 is 21.9 Å². The normalized spacial score (nSPS) is 21.8. The molecule has 7 nitrogen and oxygen atoms in total. The molecule has 0 aliphatic carbocycles. The number of likely N-dealkylation sites (N-methyl/N-ethyl adjacent to an activating group) is 1. The van der Waals surface area contributed by atoms with Gasteiger partial charge in [-0.3, -0.25) is 9.59 Å². The van der Waals surface area contributed by atoms with Gasteiger partial charge in [-0.25, -0.2) is 8.42 Å². The van der Waals surface area contributed by atoms with Gasteiger partial charge in [0, 0.05) is 19.6 Å². The van der Waals surface area contributed by atoms with E-state index in [4.69, 9.17) is 5.11 Å². The van der Waals surface area contributed by atoms with Gasteiger partial charge in [0.2, 0.25) is 15.9 Å². The maximum atomic E-state index is 12.6. The summed E-state index contributed by atoms with van der Waals surface area (Å²) in [6.45, 7) is 4.11.